The minimum Gasteiger partial charge on any atom is -0.481 e. The minimum atomic E-state index is -0.920. The smallest absolute Gasteiger partial charge is 0.330 e. The summed E-state index contributed by atoms with van der Waals surface area (Å²) < 4.78 is 39.5. The molecule has 0 bridgehead atoms. The van der Waals surface area contributed by atoms with E-state index in [-0.39, 0.29) is 45.9 Å². The predicted molar refractivity (Wildman–Crippen MR) is 167 cm³/mol. The Hall–Kier alpha value is -5.17. The van der Waals surface area contributed by atoms with Crippen LogP contribution in [0.4, 0.5) is 14.5 Å². The van der Waals surface area contributed by atoms with Gasteiger partial charge >= 0.3 is 5.69 Å². The van der Waals surface area contributed by atoms with Crippen molar-refractivity contribution >= 4 is 17.5 Å². The van der Waals surface area contributed by atoms with E-state index >= 15 is 8.78 Å². The molecule has 11 nitrogen and oxygen atoms in total. The van der Waals surface area contributed by atoms with Gasteiger partial charge in [0.2, 0.25) is 11.8 Å². The Morgan fingerprint density at radius 3 is 2.46 bits per heavy atom. The van der Waals surface area contributed by atoms with Crippen LogP contribution in [0.1, 0.15) is 46.8 Å². The maximum Gasteiger partial charge on any atom is 0.330 e. The Morgan fingerprint density at radius 1 is 1.02 bits per heavy atom. The number of halogens is 2. The molecule has 2 atom stereocenters. The van der Waals surface area contributed by atoms with Gasteiger partial charge in [-0.1, -0.05) is 24.3 Å². The van der Waals surface area contributed by atoms with Gasteiger partial charge in [0.15, 0.2) is 5.82 Å². The Morgan fingerprint density at radius 2 is 1.74 bits per heavy atom. The lowest BCUT2D eigenvalue weighted by Crippen LogP contribution is -2.40. The fourth-order valence-corrected chi connectivity index (χ4v) is 6.15. The summed E-state index contributed by atoms with van der Waals surface area (Å²) in [6.07, 6.45) is 3.88. The number of aromatic nitrogens is 3. The van der Waals surface area contributed by atoms with E-state index in [9.17, 15) is 19.2 Å². The normalized spacial score (nSPS) is 17.1. The van der Waals surface area contributed by atoms with Gasteiger partial charge in [0.05, 0.1) is 18.5 Å². The van der Waals surface area contributed by atoms with Crippen molar-refractivity contribution in [3.05, 3.63) is 97.8 Å². The van der Waals surface area contributed by atoms with Gasteiger partial charge < -0.3 is 25.3 Å². The molecule has 2 aliphatic rings. The lowest BCUT2D eigenvalue weighted by atomic mass is 9.98. The highest BCUT2D eigenvalue weighted by molar-refractivity contribution is 6.04. The van der Waals surface area contributed by atoms with E-state index in [1.165, 1.54) is 45.5 Å². The maximum atomic E-state index is 16.2. The molecule has 4 aromatic rings. The van der Waals surface area contributed by atoms with Crippen molar-refractivity contribution in [2.45, 2.75) is 37.8 Å². The number of aryl methyl sites for hydroxylation is 2. The zero-order valence-corrected chi connectivity index (χ0v) is 25.4. The molecule has 0 unspecified atom stereocenters. The Labute approximate surface area is 262 Å². The average Bonchev–Trinajstić information content (AvgIpc) is 3.66. The summed E-state index contributed by atoms with van der Waals surface area (Å²) in [5, 5.41) is 8.84. The van der Waals surface area contributed by atoms with Crippen molar-refractivity contribution in [2.24, 2.45) is 14.1 Å². The highest BCUT2D eigenvalue weighted by Crippen LogP contribution is 2.41. The Kier molecular flexibility index (Phi) is 8.26. The van der Waals surface area contributed by atoms with Crippen LogP contribution in [-0.4, -0.2) is 45.6 Å². The van der Waals surface area contributed by atoms with Crippen LogP contribution in [0.5, 0.6) is 5.88 Å². The molecule has 0 spiro atoms. The van der Waals surface area contributed by atoms with Gasteiger partial charge in [0.25, 0.3) is 11.5 Å². The first-order valence-electron chi connectivity index (χ1n) is 14.8. The first-order valence-corrected chi connectivity index (χ1v) is 14.8. The van der Waals surface area contributed by atoms with E-state index in [4.69, 9.17) is 4.74 Å². The molecule has 6 rings (SSSR count). The molecule has 46 heavy (non-hydrogen) atoms. The number of ether oxygens (including phenoxy) is 1. The van der Waals surface area contributed by atoms with Crippen molar-refractivity contribution in [1.82, 2.24) is 24.8 Å². The number of carbonyl (C=O) groups is 2. The lowest BCUT2D eigenvalue weighted by molar-refractivity contribution is -0.119. The molecule has 2 aromatic carbocycles. The number of rotatable bonds is 8. The molecule has 1 aliphatic heterocycles. The minimum absolute atomic E-state index is 0.0341. The molecule has 1 fully saturated rings. The van der Waals surface area contributed by atoms with Crippen LogP contribution in [0.2, 0.25) is 0 Å². The topological polar surface area (TPSA) is 136 Å². The third-order valence-electron chi connectivity index (χ3n) is 8.55. The number of nitrogens with one attached hydrogen (secondary N) is 3. The van der Waals surface area contributed by atoms with Gasteiger partial charge in [-0.25, -0.2) is 18.6 Å². The molecule has 13 heteroatoms. The molecule has 2 aromatic heterocycles. The van der Waals surface area contributed by atoms with Crippen LogP contribution in [0.25, 0.3) is 22.4 Å². The first-order chi connectivity index (χ1) is 22.1. The molecule has 3 N–H and O–H groups in total. The van der Waals surface area contributed by atoms with Crippen molar-refractivity contribution < 1.29 is 23.1 Å². The molecule has 3 heterocycles. The van der Waals surface area contributed by atoms with Crippen molar-refractivity contribution in [3.8, 4) is 28.3 Å². The monoisotopic (exact) mass is 630 g/mol. The van der Waals surface area contributed by atoms with E-state index in [1.807, 2.05) is 6.07 Å². The molecular weight excluding hydrogens is 598 g/mol. The second-order valence-electron chi connectivity index (χ2n) is 11.5. The van der Waals surface area contributed by atoms with Crippen molar-refractivity contribution in [2.75, 3.05) is 19.0 Å². The van der Waals surface area contributed by atoms with E-state index in [2.05, 4.69) is 20.9 Å². The van der Waals surface area contributed by atoms with Crippen LogP contribution in [0.15, 0.2) is 58.3 Å². The zero-order valence-electron chi connectivity index (χ0n) is 25.4. The predicted octanol–water partition coefficient (Wildman–Crippen LogP) is 3.21. The second-order valence-corrected chi connectivity index (χ2v) is 11.5. The summed E-state index contributed by atoms with van der Waals surface area (Å²) in [6, 6.07) is 10.6. The number of pyridine rings is 1. The lowest BCUT2D eigenvalue weighted by Gasteiger charge is -2.19. The van der Waals surface area contributed by atoms with Gasteiger partial charge in [-0.15, -0.1) is 0 Å². The first kappa shape index (κ1) is 30.8. The van der Waals surface area contributed by atoms with Crippen LogP contribution in [-0.2, 0) is 25.3 Å². The van der Waals surface area contributed by atoms with Crippen LogP contribution in [0.3, 0.4) is 0 Å². The summed E-state index contributed by atoms with van der Waals surface area (Å²) in [5.74, 6) is -2.12. The molecule has 1 aliphatic carbocycles. The number of anilines is 1. The summed E-state index contributed by atoms with van der Waals surface area (Å²) >= 11 is 0. The Balaban J connectivity index is 1.29. The van der Waals surface area contributed by atoms with E-state index in [0.717, 1.165) is 39.3 Å². The quantitative estimate of drug-likeness (QED) is 0.272. The number of hydrogen-bond acceptors (Lipinski definition) is 7. The van der Waals surface area contributed by atoms with Gasteiger partial charge in [-0.3, -0.25) is 19.0 Å². The van der Waals surface area contributed by atoms with Crippen LogP contribution < -0.4 is 31.9 Å². The third-order valence-corrected chi connectivity index (χ3v) is 8.55. The van der Waals surface area contributed by atoms with Gasteiger partial charge in [0.1, 0.15) is 11.4 Å². The number of benzene rings is 2. The summed E-state index contributed by atoms with van der Waals surface area (Å²) in [5.41, 5.74) is 0.0872. The molecule has 0 saturated carbocycles. The largest absolute Gasteiger partial charge is 0.481 e. The maximum absolute atomic E-state index is 16.2. The van der Waals surface area contributed by atoms with Gasteiger partial charge in [-0.05, 0) is 43.0 Å². The molecule has 0 radical (unpaired) electrons. The molecular formula is C33H32F2N6O5. The van der Waals surface area contributed by atoms with E-state index < -0.39 is 28.8 Å². The SMILES string of the molecule is COc1nc(-c2cccc(-c3cccc(NC(=O)c4cn(C)c(=O)n(C)c4=O)c3F)c2F)cc2c1[C@@H](NC[C@@H]1CCC(=O)N1)CC2. The average molecular weight is 631 g/mol. The molecule has 2 amide bonds. The Bertz CT molecular complexity index is 2010. The fourth-order valence-electron chi connectivity index (χ4n) is 6.15. The third kappa shape index (κ3) is 5.58. The van der Waals surface area contributed by atoms with E-state index in [0.29, 0.717) is 31.0 Å². The van der Waals surface area contributed by atoms with E-state index in [1.54, 1.807) is 12.1 Å². The number of hydrogen-bond donors (Lipinski definition) is 3. The molecule has 1 saturated heterocycles. The number of fused-ring (bicyclic) bond motifs is 1. The summed E-state index contributed by atoms with van der Waals surface area (Å²) in [6.45, 7) is 0.615. The highest BCUT2D eigenvalue weighted by atomic mass is 19.1. The van der Waals surface area contributed by atoms with Crippen LogP contribution in [0, 0.1) is 11.6 Å². The second kappa shape index (κ2) is 12.3. The number of methoxy groups -OCH3 is 1. The summed E-state index contributed by atoms with van der Waals surface area (Å²) in [4.78, 5) is 53.7. The summed E-state index contributed by atoms with van der Waals surface area (Å²) in [7, 11) is 4.12. The van der Waals surface area contributed by atoms with Gasteiger partial charge in [-0.2, -0.15) is 0 Å². The standard InChI is InChI=1S/C33H32F2N6O5/c1-40-16-22(32(44)41(2)33(40)45)30(43)38-24-9-5-7-20(29(24)35)19-6-4-8-21(28(19)34)25-14-17-10-12-23(27(17)31(39-25)46-3)36-15-18-11-13-26(42)37-18/h4-9,14,16,18,23,36H,10-13,15H2,1-3H3,(H,37,42)(H,38,43)/t18-,23-/m0/s1. The number of carbonyl (C=O) groups excluding carboxylic acids is 2. The number of amides is 2. The van der Waals surface area contributed by atoms with Crippen LogP contribution >= 0.6 is 0 Å². The fraction of sp³-hybridized carbons (Fsp3) is 0.303. The number of nitrogens with zero attached hydrogens (tertiary/aromatic N) is 3. The van der Waals surface area contributed by atoms with Gasteiger partial charge in [0, 0.05) is 67.6 Å². The van der Waals surface area contributed by atoms with Crippen molar-refractivity contribution in [1.29, 1.82) is 0 Å². The molecule has 238 valence electrons. The zero-order chi connectivity index (χ0) is 32.7. The van der Waals surface area contributed by atoms with Crippen molar-refractivity contribution in [3.63, 3.8) is 0 Å². The highest BCUT2D eigenvalue weighted by Gasteiger charge is 2.30.